The molecule has 170 valence electrons. The highest BCUT2D eigenvalue weighted by Gasteiger charge is 2.22. The van der Waals surface area contributed by atoms with E-state index in [9.17, 15) is 4.79 Å². The molecule has 1 fully saturated rings. The number of piperazine rings is 1. The lowest BCUT2D eigenvalue weighted by molar-refractivity contribution is 0.0517. The van der Waals surface area contributed by atoms with Gasteiger partial charge in [0.05, 0.1) is 6.61 Å². The van der Waals surface area contributed by atoms with Crippen LogP contribution in [0, 0.1) is 13.8 Å². The van der Waals surface area contributed by atoms with Crippen molar-refractivity contribution in [3.8, 4) is 0 Å². The Morgan fingerprint density at radius 1 is 1.19 bits per heavy atom. The number of nitrogens with zero attached hydrogens (tertiary/aromatic N) is 5. The summed E-state index contributed by atoms with van der Waals surface area (Å²) in [6.45, 7) is 12.2. The number of carbonyl (C=O) groups is 1. The van der Waals surface area contributed by atoms with Crippen LogP contribution in [0.1, 0.15) is 35.0 Å². The summed E-state index contributed by atoms with van der Waals surface area (Å²) in [6.07, 6.45) is 2.35. The summed E-state index contributed by atoms with van der Waals surface area (Å²) in [6, 6.07) is 6.66. The Morgan fingerprint density at radius 2 is 2.00 bits per heavy atom. The van der Waals surface area contributed by atoms with Crippen molar-refractivity contribution in [3.63, 3.8) is 0 Å². The van der Waals surface area contributed by atoms with Crippen LogP contribution < -0.4 is 10.2 Å². The van der Waals surface area contributed by atoms with Crippen LogP contribution in [0.5, 0.6) is 0 Å². The molecule has 0 radical (unpaired) electrons. The number of esters is 1. The number of rotatable bonds is 8. The Kier molecular flexibility index (Phi) is 6.84. The Balaban J connectivity index is 1.28. The van der Waals surface area contributed by atoms with Gasteiger partial charge in [-0.15, -0.1) is 0 Å². The van der Waals surface area contributed by atoms with Gasteiger partial charge in [-0.25, -0.2) is 9.78 Å². The minimum absolute atomic E-state index is 0.104. The second-order valence-electron chi connectivity index (χ2n) is 8.05. The van der Waals surface area contributed by atoms with Crippen molar-refractivity contribution >= 4 is 28.6 Å². The molecule has 0 unspecified atom stereocenters. The van der Waals surface area contributed by atoms with Gasteiger partial charge in [0, 0.05) is 38.4 Å². The summed E-state index contributed by atoms with van der Waals surface area (Å²) in [5.41, 5.74) is 4.36. The van der Waals surface area contributed by atoms with Gasteiger partial charge in [-0.3, -0.25) is 4.90 Å². The first-order valence-corrected chi connectivity index (χ1v) is 11.1. The van der Waals surface area contributed by atoms with Gasteiger partial charge >= 0.3 is 5.97 Å². The number of fused-ring (bicyclic) bond motifs is 1. The number of aromatic nitrogens is 3. The Bertz CT molecular complexity index is 1070. The Morgan fingerprint density at radius 3 is 2.78 bits per heavy atom. The van der Waals surface area contributed by atoms with Gasteiger partial charge in [0.2, 0.25) is 5.69 Å². The maximum absolute atomic E-state index is 12.1. The van der Waals surface area contributed by atoms with Crippen LogP contribution in [0.3, 0.4) is 0 Å². The van der Waals surface area contributed by atoms with Crippen LogP contribution in [0.2, 0.25) is 0 Å². The molecule has 3 heterocycles. The van der Waals surface area contributed by atoms with Gasteiger partial charge in [-0.05, 0) is 50.9 Å². The predicted octanol–water partition coefficient (Wildman–Crippen LogP) is 3.04. The third kappa shape index (κ3) is 4.83. The molecule has 1 saturated heterocycles. The van der Waals surface area contributed by atoms with E-state index in [0.29, 0.717) is 11.2 Å². The van der Waals surface area contributed by atoms with E-state index in [4.69, 9.17) is 9.26 Å². The molecule has 9 nitrogen and oxygen atoms in total. The molecule has 0 aliphatic carbocycles. The minimum atomic E-state index is -0.536. The summed E-state index contributed by atoms with van der Waals surface area (Å²) in [7, 11) is 0. The molecule has 3 aromatic rings. The number of carbonyl (C=O) groups excluding carboxylic acids is 1. The number of hydrogen-bond acceptors (Lipinski definition) is 9. The number of anilines is 2. The maximum atomic E-state index is 12.1. The molecule has 2 aromatic heterocycles. The first kappa shape index (κ1) is 22.0. The highest BCUT2D eigenvalue weighted by atomic mass is 16.5. The molecule has 32 heavy (non-hydrogen) atoms. The van der Waals surface area contributed by atoms with Crippen LogP contribution in [-0.2, 0) is 4.74 Å². The summed E-state index contributed by atoms with van der Waals surface area (Å²) in [5, 5.41) is 7.58. The summed E-state index contributed by atoms with van der Waals surface area (Å²) >= 11 is 0. The predicted molar refractivity (Wildman–Crippen MR) is 123 cm³/mol. The molecule has 0 bridgehead atoms. The molecule has 1 aromatic carbocycles. The monoisotopic (exact) mass is 438 g/mol. The lowest BCUT2D eigenvalue weighted by Gasteiger charge is -2.37. The molecule has 0 spiro atoms. The first-order chi connectivity index (χ1) is 15.6. The van der Waals surface area contributed by atoms with Crippen molar-refractivity contribution in [2.45, 2.75) is 27.2 Å². The smallest absolute Gasteiger partial charge is 0.361 e. The van der Waals surface area contributed by atoms with Crippen LogP contribution in [0.25, 0.3) is 11.1 Å². The third-order valence-electron chi connectivity index (χ3n) is 5.76. The largest absolute Gasteiger partial charge is 0.461 e. The molecule has 1 aliphatic heterocycles. The van der Waals surface area contributed by atoms with Crippen molar-refractivity contribution in [2.24, 2.45) is 0 Å². The van der Waals surface area contributed by atoms with Gasteiger partial charge in [-0.2, -0.15) is 4.98 Å². The maximum Gasteiger partial charge on any atom is 0.361 e. The molecule has 4 rings (SSSR count). The lowest BCUT2D eigenvalue weighted by atomic mass is 10.1. The SMILES string of the molecule is CCOC(=O)c1noc2ncnc(NCCCN3CCN(c4cc(C)ccc4C)CC3)c12. The van der Waals surface area contributed by atoms with Gasteiger partial charge in [0.15, 0.2) is 0 Å². The van der Waals surface area contributed by atoms with E-state index in [0.717, 1.165) is 45.7 Å². The van der Waals surface area contributed by atoms with Gasteiger partial charge in [0.25, 0.3) is 5.71 Å². The van der Waals surface area contributed by atoms with E-state index in [1.54, 1.807) is 6.92 Å². The van der Waals surface area contributed by atoms with Gasteiger partial charge in [0.1, 0.15) is 17.5 Å². The van der Waals surface area contributed by atoms with E-state index in [2.05, 4.69) is 62.3 Å². The summed E-state index contributed by atoms with van der Waals surface area (Å²) in [4.78, 5) is 25.4. The summed E-state index contributed by atoms with van der Waals surface area (Å²) in [5.74, 6) is 0.00450. The van der Waals surface area contributed by atoms with E-state index in [1.807, 2.05) is 0 Å². The summed E-state index contributed by atoms with van der Waals surface area (Å²) < 4.78 is 10.2. The zero-order valence-electron chi connectivity index (χ0n) is 18.9. The molecule has 1 N–H and O–H groups in total. The topological polar surface area (TPSA) is 96.6 Å². The standard InChI is InChI=1S/C23H30N6O3/c1-4-31-23(30)20-19-21(25-15-26-22(19)32-27-20)24-8-5-9-28-10-12-29(13-11-28)18-14-16(2)6-7-17(18)3/h6-7,14-15H,4-5,8-13H2,1-3H3,(H,24,25,26). The minimum Gasteiger partial charge on any atom is -0.461 e. The van der Waals surface area contributed by atoms with Gasteiger partial charge in [-0.1, -0.05) is 17.3 Å². The average molecular weight is 439 g/mol. The second kappa shape index (κ2) is 9.95. The van der Waals surface area contributed by atoms with E-state index >= 15 is 0 Å². The van der Waals surface area contributed by atoms with Crippen LogP contribution >= 0.6 is 0 Å². The van der Waals surface area contributed by atoms with Gasteiger partial charge < -0.3 is 19.5 Å². The third-order valence-corrected chi connectivity index (χ3v) is 5.76. The molecule has 0 atom stereocenters. The molecular formula is C23H30N6O3. The van der Waals surface area contributed by atoms with E-state index < -0.39 is 5.97 Å². The fourth-order valence-electron chi connectivity index (χ4n) is 4.04. The number of nitrogens with one attached hydrogen (secondary N) is 1. The fraction of sp³-hybridized carbons (Fsp3) is 0.478. The molecule has 0 amide bonds. The molecule has 0 saturated carbocycles. The number of benzene rings is 1. The van der Waals surface area contributed by atoms with E-state index in [1.165, 1.54) is 23.1 Å². The molecule has 1 aliphatic rings. The van der Waals surface area contributed by atoms with Crippen LogP contribution in [-0.4, -0.2) is 71.9 Å². The van der Waals surface area contributed by atoms with E-state index in [-0.39, 0.29) is 18.0 Å². The molecular weight excluding hydrogens is 408 g/mol. The average Bonchev–Trinajstić information content (AvgIpc) is 3.24. The number of hydrogen-bond donors (Lipinski definition) is 1. The van der Waals surface area contributed by atoms with Crippen molar-refractivity contribution in [3.05, 3.63) is 41.3 Å². The first-order valence-electron chi connectivity index (χ1n) is 11.1. The second-order valence-corrected chi connectivity index (χ2v) is 8.05. The lowest BCUT2D eigenvalue weighted by Crippen LogP contribution is -2.47. The zero-order chi connectivity index (χ0) is 22.5. The highest BCUT2D eigenvalue weighted by molar-refractivity contribution is 6.04. The quantitative estimate of drug-likeness (QED) is 0.420. The van der Waals surface area contributed by atoms with Crippen molar-refractivity contribution < 1.29 is 14.1 Å². The number of aryl methyl sites for hydroxylation is 2. The zero-order valence-corrected chi connectivity index (χ0v) is 18.9. The van der Waals surface area contributed by atoms with Crippen LogP contribution in [0.15, 0.2) is 29.0 Å². The molecule has 9 heteroatoms. The highest BCUT2D eigenvalue weighted by Crippen LogP contribution is 2.24. The van der Waals surface area contributed by atoms with Crippen LogP contribution in [0.4, 0.5) is 11.5 Å². The fourth-order valence-corrected chi connectivity index (χ4v) is 4.04. The van der Waals surface area contributed by atoms with Crippen molar-refractivity contribution in [2.75, 3.05) is 56.1 Å². The van der Waals surface area contributed by atoms with Crippen molar-refractivity contribution in [1.29, 1.82) is 0 Å². The Hall–Kier alpha value is -3.20. The number of ether oxygens (including phenoxy) is 1. The van der Waals surface area contributed by atoms with Crippen molar-refractivity contribution in [1.82, 2.24) is 20.0 Å². The normalized spacial score (nSPS) is 14.7. The Labute approximate surface area is 187 Å².